The highest BCUT2D eigenvalue weighted by Gasteiger charge is 2.11. The summed E-state index contributed by atoms with van der Waals surface area (Å²) < 4.78 is 0. The maximum Gasteiger partial charge on any atom is 0.180 e. The van der Waals surface area contributed by atoms with Gasteiger partial charge in [-0.3, -0.25) is 4.79 Å². The minimum absolute atomic E-state index is 0.0000671. The van der Waals surface area contributed by atoms with Crippen molar-refractivity contribution in [2.75, 3.05) is 13.6 Å². The van der Waals surface area contributed by atoms with Crippen LogP contribution in [-0.2, 0) is 0 Å². The summed E-state index contributed by atoms with van der Waals surface area (Å²) in [6, 6.07) is 8.57. The van der Waals surface area contributed by atoms with E-state index in [1.165, 1.54) is 0 Å². The number of rotatable bonds is 3. The van der Waals surface area contributed by atoms with Gasteiger partial charge in [-0.05, 0) is 42.1 Å². The van der Waals surface area contributed by atoms with Gasteiger partial charge in [-0.15, -0.1) is 0 Å². The molecule has 0 unspecified atom stereocenters. The molecule has 0 saturated heterocycles. The lowest BCUT2D eigenvalue weighted by atomic mass is 10.0. The monoisotopic (exact) mass is 249 g/mol. The Bertz CT molecular complexity index is 581. The first-order valence-electron chi connectivity index (χ1n) is 5.22. The zero-order chi connectivity index (χ0) is 12.4. The van der Waals surface area contributed by atoms with Gasteiger partial charge in [0.25, 0.3) is 0 Å². The third kappa shape index (κ3) is 2.40. The molecule has 0 bridgehead atoms. The third-order valence-electron chi connectivity index (χ3n) is 2.55. The maximum atomic E-state index is 11.7. The lowest BCUT2D eigenvalue weighted by Gasteiger charge is -2.06. The zero-order valence-corrected chi connectivity index (χ0v) is 10.1. The van der Waals surface area contributed by atoms with Gasteiger partial charge in [0.1, 0.15) is 5.75 Å². The molecule has 2 aromatic carbocycles. The van der Waals surface area contributed by atoms with Gasteiger partial charge in [0.15, 0.2) is 5.78 Å². The summed E-state index contributed by atoms with van der Waals surface area (Å²) in [6.45, 7) is 0.194. The van der Waals surface area contributed by atoms with E-state index in [9.17, 15) is 9.90 Å². The molecule has 2 aromatic rings. The Balaban J connectivity index is 2.57. The Morgan fingerprint density at radius 3 is 2.76 bits per heavy atom. The van der Waals surface area contributed by atoms with Crippen molar-refractivity contribution in [1.29, 1.82) is 0 Å². The van der Waals surface area contributed by atoms with Crippen LogP contribution < -0.4 is 5.32 Å². The fraction of sp³-hybridized carbons (Fsp3) is 0.154. The number of ketones is 1. The van der Waals surface area contributed by atoms with Gasteiger partial charge in [0, 0.05) is 5.02 Å². The van der Waals surface area contributed by atoms with Gasteiger partial charge in [-0.25, -0.2) is 0 Å². The number of carbonyl (C=O) groups is 1. The second kappa shape index (κ2) is 4.73. The summed E-state index contributed by atoms with van der Waals surface area (Å²) in [7, 11) is 1.69. The number of phenolic OH excluding ortho intramolecular Hbond substituents is 1. The van der Waals surface area contributed by atoms with Crippen LogP contribution in [0.15, 0.2) is 30.3 Å². The predicted molar refractivity (Wildman–Crippen MR) is 68.9 cm³/mol. The molecule has 2 rings (SSSR count). The molecule has 0 aliphatic rings. The van der Waals surface area contributed by atoms with E-state index in [0.29, 0.717) is 10.6 Å². The molecule has 0 radical (unpaired) electrons. The fourth-order valence-electron chi connectivity index (χ4n) is 1.74. The van der Waals surface area contributed by atoms with E-state index in [4.69, 9.17) is 11.6 Å². The summed E-state index contributed by atoms with van der Waals surface area (Å²) in [5.41, 5.74) is 0.314. The summed E-state index contributed by atoms with van der Waals surface area (Å²) in [6.07, 6.45) is 0. The molecule has 0 atom stereocenters. The van der Waals surface area contributed by atoms with Crippen LogP contribution >= 0.6 is 11.6 Å². The first-order valence-corrected chi connectivity index (χ1v) is 5.59. The number of hydrogen-bond donors (Lipinski definition) is 2. The van der Waals surface area contributed by atoms with Crippen molar-refractivity contribution in [3.05, 3.63) is 40.9 Å². The Hall–Kier alpha value is -1.58. The normalized spacial score (nSPS) is 10.7. The molecule has 0 aromatic heterocycles. The number of benzene rings is 2. The topological polar surface area (TPSA) is 49.3 Å². The Kier molecular flexibility index (Phi) is 3.31. The van der Waals surface area contributed by atoms with Crippen molar-refractivity contribution in [2.24, 2.45) is 0 Å². The van der Waals surface area contributed by atoms with Crippen LogP contribution in [0, 0.1) is 0 Å². The number of nitrogens with one attached hydrogen (secondary N) is 1. The molecular formula is C13H12ClNO2. The van der Waals surface area contributed by atoms with E-state index >= 15 is 0 Å². The number of fused-ring (bicyclic) bond motifs is 1. The highest BCUT2D eigenvalue weighted by atomic mass is 35.5. The minimum Gasteiger partial charge on any atom is -0.507 e. The molecule has 2 N–H and O–H groups in total. The van der Waals surface area contributed by atoms with Gasteiger partial charge in [0.2, 0.25) is 0 Å². The molecule has 0 heterocycles. The number of Topliss-reactive ketones (excluding diaryl/α,β-unsaturated/α-hetero) is 1. The molecular weight excluding hydrogens is 238 g/mol. The Morgan fingerprint density at radius 1 is 1.29 bits per heavy atom. The summed E-state index contributed by atoms with van der Waals surface area (Å²) in [5.74, 6) is -0.146. The highest BCUT2D eigenvalue weighted by Crippen LogP contribution is 2.27. The summed E-state index contributed by atoms with van der Waals surface area (Å²) in [5, 5.41) is 14.9. The van der Waals surface area contributed by atoms with Crippen molar-refractivity contribution in [3.63, 3.8) is 0 Å². The smallest absolute Gasteiger partial charge is 0.180 e. The van der Waals surface area contributed by atoms with Crippen molar-refractivity contribution in [3.8, 4) is 5.75 Å². The molecule has 0 amide bonds. The van der Waals surface area contributed by atoms with Gasteiger partial charge in [0.05, 0.1) is 12.1 Å². The quantitative estimate of drug-likeness (QED) is 0.822. The lowest BCUT2D eigenvalue weighted by molar-refractivity contribution is 0.0991. The van der Waals surface area contributed by atoms with E-state index in [-0.39, 0.29) is 18.1 Å². The number of halogens is 1. The van der Waals surface area contributed by atoms with Crippen LogP contribution in [0.2, 0.25) is 5.02 Å². The SMILES string of the molecule is CNCC(=O)c1cc2cc(Cl)ccc2cc1O. The average molecular weight is 250 g/mol. The number of likely N-dealkylation sites (N-methyl/N-ethyl adjacent to an activating group) is 1. The van der Waals surface area contributed by atoms with Crippen molar-refractivity contribution >= 4 is 28.2 Å². The Morgan fingerprint density at radius 2 is 2.06 bits per heavy atom. The van der Waals surface area contributed by atoms with Gasteiger partial charge < -0.3 is 10.4 Å². The summed E-state index contributed by atoms with van der Waals surface area (Å²) >= 11 is 5.89. The van der Waals surface area contributed by atoms with Crippen LogP contribution in [0.3, 0.4) is 0 Å². The molecule has 0 aliphatic carbocycles. The molecule has 4 heteroatoms. The average Bonchev–Trinajstić information content (AvgIpc) is 2.29. The standard InChI is InChI=1S/C13H12ClNO2/c1-15-7-13(17)11-5-9-4-10(14)3-2-8(9)6-12(11)16/h2-6,15-16H,7H2,1H3. The van der Waals surface area contributed by atoms with Crippen molar-refractivity contribution in [1.82, 2.24) is 5.32 Å². The van der Waals surface area contributed by atoms with Gasteiger partial charge in [-0.1, -0.05) is 17.7 Å². The first kappa shape index (κ1) is 11.9. The number of aromatic hydroxyl groups is 1. The minimum atomic E-state index is -0.146. The molecule has 0 saturated carbocycles. The zero-order valence-electron chi connectivity index (χ0n) is 9.33. The van der Waals surface area contributed by atoms with E-state index in [0.717, 1.165) is 10.8 Å². The van der Waals surface area contributed by atoms with Gasteiger partial charge >= 0.3 is 0 Å². The Labute approximate surface area is 104 Å². The number of carbonyl (C=O) groups excluding carboxylic acids is 1. The molecule has 0 spiro atoms. The van der Waals surface area contributed by atoms with E-state index in [1.807, 2.05) is 6.07 Å². The van der Waals surface area contributed by atoms with Crippen LogP contribution in [0.1, 0.15) is 10.4 Å². The second-order valence-electron chi connectivity index (χ2n) is 3.81. The van der Waals surface area contributed by atoms with Crippen molar-refractivity contribution < 1.29 is 9.90 Å². The highest BCUT2D eigenvalue weighted by molar-refractivity contribution is 6.31. The van der Waals surface area contributed by atoms with Crippen LogP contribution in [0.5, 0.6) is 5.75 Å². The largest absolute Gasteiger partial charge is 0.507 e. The second-order valence-corrected chi connectivity index (χ2v) is 4.25. The van der Waals surface area contributed by atoms with E-state index in [2.05, 4.69) is 5.32 Å². The molecule has 0 fully saturated rings. The van der Waals surface area contributed by atoms with Crippen LogP contribution in [0.4, 0.5) is 0 Å². The van der Waals surface area contributed by atoms with Crippen LogP contribution in [0.25, 0.3) is 10.8 Å². The maximum absolute atomic E-state index is 11.7. The van der Waals surface area contributed by atoms with E-state index in [1.54, 1.807) is 31.3 Å². The number of phenols is 1. The lowest BCUT2D eigenvalue weighted by Crippen LogP contribution is -2.18. The third-order valence-corrected chi connectivity index (χ3v) is 2.79. The summed E-state index contributed by atoms with van der Waals surface area (Å²) in [4.78, 5) is 11.7. The fourth-order valence-corrected chi connectivity index (χ4v) is 1.92. The predicted octanol–water partition coefficient (Wildman–Crippen LogP) is 2.60. The van der Waals surface area contributed by atoms with Gasteiger partial charge in [-0.2, -0.15) is 0 Å². The molecule has 3 nitrogen and oxygen atoms in total. The molecule has 88 valence electrons. The number of hydrogen-bond acceptors (Lipinski definition) is 3. The molecule has 17 heavy (non-hydrogen) atoms. The van der Waals surface area contributed by atoms with Crippen LogP contribution in [-0.4, -0.2) is 24.5 Å². The molecule has 0 aliphatic heterocycles. The first-order chi connectivity index (χ1) is 8.11. The van der Waals surface area contributed by atoms with E-state index < -0.39 is 0 Å². The van der Waals surface area contributed by atoms with Crippen molar-refractivity contribution in [2.45, 2.75) is 0 Å².